The van der Waals surface area contributed by atoms with Crippen LogP contribution in [-0.4, -0.2) is 28.8 Å². The fourth-order valence-corrected chi connectivity index (χ4v) is 4.56. The van der Waals surface area contributed by atoms with E-state index in [1.165, 1.54) is 12.1 Å². The molecule has 1 N–H and O–H groups in total. The van der Waals surface area contributed by atoms with Gasteiger partial charge in [0.05, 0.1) is 27.8 Å². The van der Waals surface area contributed by atoms with Gasteiger partial charge in [-0.15, -0.1) is 0 Å². The number of carbonyl (C=O) groups excluding carboxylic acids is 2. The molecule has 0 atom stereocenters. The number of benzene rings is 3. The van der Waals surface area contributed by atoms with Gasteiger partial charge in [-0.1, -0.05) is 41.9 Å². The summed E-state index contributed by atoms with van der Waals surface area (Å²) in [6, 6.07) is 18.4. The van der Waals surface area contributed by atoms with Crippen molar-refractivity contribution in [2.75, 3.05) is 11.5 Å². The maximum absolute atomic E-state index is 12.9. The minimum absolute atomic E-state index is 0.0796. The second kappa shape index (κ2) is 10.7. The number of anilines is 1. The highest BCUT2D eigenvalue weighted by Gasteiger charge is 2.36. The van der Waals surface area contributed by atoms with E-state index in [4.69, 9.17) is 21.1 Å². The summed E-state index contributed by atoms with van der Waals surface area (Å²) in [5.74, 6) is -0.786. The quantitative estimate of drug-likeness (QED) is 0.358. The Morgan fingerprint density at radius 2 is 1.83 bits per heavy atom. The van der Waals surface area contributed by atoms with E-state index in [9.17, 15) is 19.5 Å². The molecule has 0 spiro atoms. The molecule has 3 aromatic rings. The average molecular weight is 510 g/mol. The summed E-state index contributed by atoms with van der Waals surface area (Å²) in [5, 5.41) is 9.05. The van der Waals surface area contributed by atoms with Crippen LogP contribution in [0.2, 0.25) is 5.02 Å². The number of rotatable bonds is 8. The van der Waals surface area contributed by atoms with E-state index in [1.807, 2.05) is 13.0 Å². The second-order valence-corrected chi connectivity index (χ2v) is 8.81. The molecule has 1 heterocycles. The van der Waals surface area contributed by atoms with Crippen molar-refractivity contribution in [3.63, 3.8) is 0 Å². The van der Waals surface area contributed by atoms with Gasteiger partial charge in [0.25, 0.3) is 11.1 Å². The van der Waals surface area contributed by atoms with Crippen LogP contribution in [0.25, 0.3) is 6.08 Å². The Balaban J connectivity index is 1.59. The summed E-state index contributed by atoms with van der Waals surface area (Å²) in [7, 11) is 0. The number of carboxylic acids is 1. The summed E-state index contributed by atoms with van der Waals surface area (Å²) in [6.07, 6.45) is 1.59. The van der Waals surface area contributed by atoms with Crippen molar-refractivity contribution in [2.24, 2.45) is 0 Å². The van der Waals surface area contributed by atoms with Gasteiger partial charge < -0.3 is 14.6 Å². The van der Waals surface area contributed by atoms with Crippen molar-refractivity contribution < 1.29 is 29.0 Å². The molecule has 0 bridgehead atoms. The minimum atomic E-state index is -1.03. The number of hydrogen-bond acceptors (Lipinski definition) is 6. The zero-order valence-corrected chi connectivity index (χ0v) is 20.1. The number of amides is 2. The van der Waals surface area contributed by atoms with Crippen LogP contribution in [0.5, 0.6) is 11.5 Å². The van der Waals surface area contributed by atoms with Crippen LogP contribution in [0.3, 0.4) is 0 Å². The molecule has 1 aliphatic rings. The number of carboxylic acid groups (broad SMARTS) is 1. The number of nitrogens with zero attached hydrogens (tertiary/aromatic N) is 1. The number of thioether (sulfide) groups is 1. The van der Waals surface area contributed by atoms with Gasteiger partial charge in [0.2, 0.25) is 0 Å². The van der Waals surface area contributed by atoms with Crippen LogP contribution >= 0.6 is 23.4 Å². The van der Waals surface area contributed by atoms with Crippen LogP contribution < -0.4 is 14.4 Å². The minimum Gasteiger partial charge on any atom is -0.490 e. The Labute approximate surface area is 210 Å². The molecule has 1 fully saturated rings. The fraction of sp³-hybridized carbons (Fsp3) is 0.115. The van der Waals surface area contributed by atoms with E-state index in [0.717, 1.165) is 16.7 Å². The topological polar surface area (TPSA) is 93.1 Å². The lowest BCUT2D eigenvalue weighted by Crippen LogP contribution is -2.27. The molecule has 0 radical (unpaired) electrons. The van der Waals surface area contributed by atoms with Crippen molar-refractivity contribution in [1.82, 2.24) is 0 Å². The van der Waals surface area contributed by atoms with Crippen molar-refractivity contribution in [3.05, 3.63) is 93.3 Å². The molecular weight excluding hydrogens is 490 g/mol. The summed E-state index contributed by atoms with van der Waals surface area (Å²) in [6.45, 7) is 2.23. The Hall–Kier alpha value is -3.75. The highest BCUT2D eigenvalue weighted by molar-refractivity contribution is 8.19. The first-order valence-electron chi connectivity index (χ1n) is 10.6. The summed E-state index contributed by atoms with van der Waals surface area (Å²) in [4.78, 5) is 38.0. The molecule has 1 aliphatic heterocycles. The predicted octanol–water partition coefficient (Wildman–Crippen LogP) is 6.26. The van der Waals surface area contributed by atoms with Gasteiger partial charge in [0.15, 0.2) is 11.5 Å². The normalized spacial score (nSPS) is 14.5. The Morgan fingerprint density at radius 3 is 2.54 bits per heavy atom. The van der Waals surface area contributed by atoms with Gasteiger partial charge in [-0.3, -0.25) is 9.59 Å². The van der Waals surface area contributed by atoms with E-state index in [-0.39, 0.29) is 27.3 Å². The summed E-state index contributed by atoms with van der Waals surface area (Å²) >= 11 is 7.34. The number of hydrogen-bond donors (Lipinski definition) is 1. The number of para-hydroxylation sites is 1. The van der Waals surface area contributed by atoms with Crippen LogP contribution in [0.15, 0.2) is 71.6 Å². The number of imide groups is 1. The lowest BCUT2D eigenvalue weighted by molar-refractivity contribution is -0.113. The van der Waals surface area contributed by atoms with Crippen LogP contribution in [-0.2, 0) is 11.4 Å². The van der Waals surface area contributed by atoms with Crippen molar-refractivity contribution in [1.29, 1.82) is 0 Å². The average Bonchev–Trinajstić information content (AvgIpc) is 3.12. The highest BCUT2D eigenvalue weighted by atomic mass is 35.5. The van der Waals surface area contributed by atoms with E-state index in [1.54, 1.807) is 54.6 Å². The fourth-order valence-electron chi connectivity index (χ4n) is 3.44. The number of ether oxygens (including phenoxy) is 2. The SMILES string of the molecule is CCOc1cc(/C=C2/SC(=O)N(c3ccccc3)C2=O)cc(Cl)c1OCc1cccc(C(=O)O)c1. The molecule has 178 valence electrons. The molecular formula is C26H20ClNO6S. The summed E-state index contributed by atoms with van der Waals surface area (Å²) in [5.41, 5.74) is 1.88. The van der Waals surface area contributed by atoms with Gasteiger partial charge in [-0.2, -0.15) is 0 Å². The molecule has 1 saturated heterocycles. The monoisotopic (exact) mass is 509 g/mol. The molecule has 35 heavy (non-hydrogen) atoms. The van der Waals surface area contributed by atoms with Crippen LogP contribution in [0, 0.1) is 0 Å². The van der Waals surface area contributed by atoms with Crippen molar-refractivity contribution in [3.8, 4) is 11.5 Å². The molecule has 3 aromatic carbocycles. The predicted molar refractivity (Wildman–Crippen MR) is 135 cm³/mol. The van der Waals surface area contributed by atoms with Crippen molar-refractivity contribution >= 4 is 52.2 Å². The van der Waals surface area contributed by atoms with Gasteiger partial charge in [0, 0.05) is 0 Å². The molecule has 2 amide bonds. The van der Waals surface area contributed by atoms with Crippen molar-refractivity contribution in [2.45, 2.75) is 13.5 Å². The number of halogens is 1. The standard InChI is InChI=1S/C26H20ClNO6S/c1-2-33-21-13-17(14-22-24(29)28(26(32)35-22)19-9-4-3-5-10-19)12-20(27)23(21)34-15-16-7-6-8-18(11-16)25(30)31/h3-14H,2,15H2,1H3,(H,30,31)/b22-14+. The first kappa shape index (κ1) is 24.4. The number of aromatic carboxylic acids is 1. The van der Waals surface area contributed by atoms with Gasteiger partial charge in [-0.05, 0) is 72.3 Å². The zero-order valence-electron chi connectivity index (χ0n) is 18.6. The molecule has 9 heteroatoms. The van der Waals surface area contributed by atoms with Gasteiger partial charge in [0.1, 0.15) is 6.61 Å². The molecule has 0 unspecified atom stereocenters. The van der Waals surface area contributed by atoms with E-state index in [2.05, 4.69) is 0 Å². The largest absolute Gasteiger partial charge is 0.490 e. The first-order valence-corrected chi connectivity index (χ1v) is 11.8. The third-order valence-corrected chi connectivity index (χ3v) is 6.15. The Kier molecular flexibility index (Phi) is 7.43. The lowest BCUT2D eigenvalue weighted by atomic mass is 10.1. The Morgan fingerprint density at radius 1 is 1.06 bits per heavy atom. The first-order chi connectivity index (χ1) is 16.9. The van der Waals surface area contributed by atoms with E-state index in [0.29, 0.717) is 34.9 Å². The smallest absolute Gasteiger partial charge is 0.335 e. The third-order valence-electron chi connectivity index (χ3n) is 4.99. The maximum Gasteiger partial charge on any atom is 0.335 e. The van der Waals surface area contributed by atoms with Crippen LogP contribution in [0.4, 0.5) is 10.5 Å². The van der Waals surface area contributed by atoms with Gasteiger partial charge in [-0.25, -0.2) is 9.69 Å². The number of carbonyl (C=O) groups is 3. The highest BCUT2D eigenvalue weighted by Crippen LogP contribution is 2.40. The van der Waals surface area contributed by atoms with E-state index >= 15 is 0 Å². The lowest BCUT2D eigenvalue weighted by Gasteiger charge is -2.15. The third kappa shape index (κ3) is 5.50. The molecule has 7 nitrogen and oxygen atoms in total. The molecule has 0 aliphatic carbocycles. The van der Waals surface area contributed by atoms with E-state index < -0.39 is 11.9 Å². The van der Waals surface area contributed by atoms with Crippen LogP contribution in [0.1, 0.15) is 28.4 Å². The molecule has 4 rings (SSSR count). The molecule has 0 aromatic heterocycles. The second-order valence-electron chi connectivity index (χ2n) is 7.41. The maximum atomic E-state index is 12.9. The zero-order chi connectivity index (χ0) is 24.9. The molecule has 0 saturated carbocycles. The van der Waals surface area contributed by atoms with Gasteiger partial charge >= 0.3 is 5.97 Å². The summed E-state index contributed by atoms with van der Waals surface area (Å²) < 4.78 is 11.6. The Bertz CT molecular complexity index is 1320.